The smallest absolute Gasteiger partial charge is 0.408 e. The highest BCUT2D eigenvalue weighted by molar-refractivity contribution is 5.86. The van der Waals surface area contributed by atoms with Gasteiger partial charge in [-0.25, -0.2) is 9.59 Å². The molecule has 1 amide bonds. The van der Waals surface area contributed by atoms with Crippen molar-refractivity contribution in [3.05, 3.63) is 0 Å². The first kappa shape index (κ1) is 16.2. The highest BCUT2D eigenvalue weighted by atomic mass is 16.6. The van der Waals surface area contributed by atoms with Gasteiger partial charge in [0.2, 0.25) is 0 Å². The van der Waals surface area contributed by atoms with Gasteiger partial charge in [0.05, 0.1) is 20.6 Å². The van der Waals surface area contributed by atoms with Crippen molar-refractivity contribution in [2.75, 3.05) is 14.2 Å². The monoisotopic (exact) mass is 261 g/mol. The van der Waals surface area contributed by atoms with Gasteiger partial charge >= 0.3 is 18.0 Å². The molecule has 0 aromatic carbocycles. The van der Waals surface area contributed by atoms with Crippen molar-refractivity contribution in [1.29, 1.82) is 0 Å². The summed E-state index contributed by atoms with van der Waals surface area (Å²) in [6.07, 6.45) is -1.12. The summed E-state index contributed by atoms with van der Waals surface area (Å²) >= 11 is 0. The van der Waals surface area contributed by atoms with Crippen LogP contribution in [0, 0.1) is 0 Å². The highest BCUT2D eigenvalue weighted by Crippen LogP contribution is 2.07. The maximum absolute atomic E-state index is 11.5. The number of methoxy groups -OCH3 is 2. The van der Waals surface area contributed by atoms with Crippen LogP contribution in [0.2, 0.25) is 0 Å². The van der Waals surface area contributed by atoms with Crippen LogP contribution in [0.15, 0.2) is 0 Å². The summed E-state index contributed by atoms with van der Waals surface area (Å²) < 4.78 is 13.9. The van der Waals surface area contributed by atoms with Crippen molar-refractivity contribution in [3.63, 3.8) is 0 Å². The molecule has 0 radical (unpaired) electrons. The first-order chi connectivity index (χ1) is 8.19. The predicted molar refractivity (Wildman–Crippen MR) is 61.8 cm³/mol. The van der Waals surface area contributed by atoms with E-state index in [1.165, 1.54) is 7.11 Å². The Morgan fingerprint density at radius 3 is 2.06 bits per heavy atom. The van der Waals surface area contributed by atoms with Crippen molar-refractivity contribution in [2.45, 2.75) is 38.8 Å². The van der Waals surface area contributed by atoms with Crippen molar-refractivity contribution >= 4 is 18.0 Å². The quantitative estimate of drug-likeness (QED) is 0.589. The van der Waals surface area contributed by atoms with E-state index in [0.717, 1.165) is 7.11 Å². The SMILES string of the molecule is COC(=O)C[C@@H](NC(=O)OC(C)(C)C)C(=O)OC. The van der Waals surface area contributed by atoms with Crippen LogP contribution >= 0.6 is 0 Å². The Labute approximate surface area is 106 Å². The molecule has 18 heavy (non-hydrogen) atoms. The van der Waals surface area contributed by atoms with E-state index in [2.05, 4.69) is 14.8 Å². The molecule has 0 heterocycles. The third-order valence-electron chi connectivity index (χ3n) is 1.78. The second-order valence-corrected chi connectivity index (χ2v) is 4.50. The van der Waals surface area contributed by atoms with Crippen LogP contribution in [0.4, 0.5) is 4.79 Å². The van der Waals surface area contributed by atoms with Gasteiger partial charge in [-0.05, 0) is 20.8 Å². The lowest BCUT2D eigenvalue weighted by Crippen LogP contribution is -2.45. The first-order valence-electron chi connectivity index (χ1n) is 5.33. The van der Waals surface area contributed by atoms with Crippen LogP contribution < -0.4 is 5.32 Å². The standard InChI is InChI=1S/C11H19NO6/c1-11(2,3)18-10(15)12-7(9(14)17-5)6-8(13)16-4/h7H,6H2,1-5H3,(H,12,15)/t7-/m1/s1. The van der Waals surface area contributed by atoms with Crippen molar-refractivity contribution in [2.24, 2.45) is 0 Å². The Morgan fingerprint density at radius 2 is 1.67 bits per heavy atom. The minimum atomic E-state index is -1.13. The van der Waals surface area contributed by atoms with Crippen LogP contribution in [0.25, 0.3) is 0 Å². The van der Waals surface area contributed by atoms with Crippen molar-refractivity contribution in [3.8, 4) is 0 Å². The van der Waals surface area contributed by atoms with E-state index >= 15 is 0 Å². The molecule has 1 N–H and O–H groups in total. The highest BCUT2D eigenvalue weighted by Gasteiger charge is 2.27. The first-order valence-corrected chi connectivity index (χ1v) is 5.33. The zero-order valence-electron chi connectivity index (χ0n) is 11.2. The number of hydrogen-bond acceptors (Lipinski definition) is 6. The topological polar surface area (TPSA) is 90.9 Å². The molecule has 0 aromatic rings. The number of amides is 1. The van der Waals surface area contributed by atoms with E-state index in [1.54, 1.807) is 20.8 Å². The zero-order chi connectivity index (χ0) is 14.3. The number of carbonyl (C=O) groups excluding carboxylic acids is 3. The lowest BCUT2D eigenvalue weighted by atomic mass is 10.2. The molecule has 104 valence electrons. The molecular formula is C11H19NO6. The van der Waals surface area contributed by atoms with Crippen LogP contribution in [0.5, 0.6) is 0 Å². The van der Waals surface area contributed by atoms with Gasteiger partial charge in [0, 0.05) is 0 Å². The molecule has 0 aromatic heterocycles. The second kappa shape index (κ2) is 6.83. The lowest BCUT2D eigenvalue weighted by molar-refractivity contribution is -0.149. The van der Waals surface area contributed by atoms with Gasteiger partial charge < -0.3 is 19.5 Å². The molecule has 0 aliphatic carbocycles. The summed E-state index contributed by atoms with van der Waals surface area (Å²) in [7, 11) is 2.34. The fourth-order valence-corrected chi connectivity index (χ4v) is 1.04. The molecule has 7 nitrogen and oxygen atoms in total. The summed E-state index contributed by atoms with van der Waals surface area (Å²) in [6, 6.07) is -1.13. The van der Waals surface area contributed by atoms with E-state index in [0.29, 0.717) is 0 Å². The number of rotatable bonds is 4. The van der Waals surface area contributed by atoms with Crippen LogP contribution in [0.1, 0.15) is 27.2 Å². The fraction of sp³-hybridized carbons (Fsp3) is 0.727. The summed E-state index contributed by atoms with van der Waals surface area (Å²) in [5.41, 5.74) is -0.698. The van der Waals surface area contributed by atoms with Crippen LogP contribution in [-0.2, 0) is 23.8 Å². The summed E-state index contributed by atoms with van der Waals surface area (Å²) in [6.45, 7) is 5.04. The minimum absolute atomic E-state index is 0.317. The molecule has 0 saturated carbocycles. The average Bonchev–Trinajstić information content (AvgIpc) is 2.24. The molecule has 7 heteroatoms. The van der Waals surface area contributed by atoms with Gasteiger partial charge in [0.15, 0.2) is 0 Å². The van der Waals surface area contributed by atoms with Gasteiger partial charge in [-0.15, -0.1) is 0 Å². The molecule has 0 rings (SSSR count). The number of esters is 2. The van der Waals surface area contributed by atoms with E-state index in [9.17, 15) is 14.4 Å². The van der Waals surface area contributed by atoms with Crippen molar-refractivity contribution in [1.82, 2.24) is 5.32 Å². The van der Waals surface area contributed by atoms with Crippen LogP contribution in [0.3, 0.4) is 0 Å². The predicted octanol–water partition coefficient (Wildman–Crippen LogP) is 0.616. The Bertz CT molecular complexity index is 320. The van der Waals surface area contributed by atoms with E-state index < -0.39 is 29.7 Å². The van der Waals surface area contributed by atoms with E-state index in [-0.39, 0.29) is 6.42 Å². The number of carbonyl (C=O) groups is 3. The number of alkyl carbamates (subject to hydrolysis) is 1. The minimum Gasteiger partial charge on any atom is -0.469 e. The van der Waals surface area contributed by atoms with E-state index in [1.807, 2.05) is 0 Å². The van der Waals surface area contributed by atoms with Gasteiger partial charge in [0.25, 0.3) is 0 Å². The largest absolute Gasteiger partial charge is 0.469 e. The Kier molecular flexibility index (Phi) is 6.15. The molecule has 0 unspecified atom stereocenters. The molecule has 0 aliphatic heterocycles. The van der Waals surface area contributed by atoms with Gasteiger partial charge in [0.1, 0.15) is 11.6 Å². The van der Waals surface area contributed by atoms with Gasteiger partial charge in [-0.2, -0.15) is 0 Å². The molecule has 0 bridgehead atoms. The molecule has 0 saturated heterocycles. The summed E-state index contributed by atoms with van der Waals surface area (Å²) in [5, 5.41) is 2.25. The lowest BCUT2D eigenvalue weighted by Gasteiger charge is -2.22. The van der Waals surface area contributed by atoms with Crippen molar-refractivity contribution < 1.29 is 28.6 Å². The Morgan fingerprint density at radius 1 is 1.11 bits per heavy atom. The Hall–Kier alpha value is -1.79. The number of hydrogen-bond donors (Lipinski definition) is 1. The Balaban J connectivity index is 4.55. The van der Waals surface area contributed by atoms with Gasteiger partial charge in [-0.1, -0.05) is 0 Å². The molecule has 0 aliphatic rings. The van der Waals surface area contributed by atoms with Crippen LogP contribution in [-0.4, -0.2) is 43.9 Å². The third-order valence-corrected chi connectivity index (χ3v) is 1.78. The molecule has 0 spiro atoms. The number of ether oxygens (including phenoxy) is 3. The second-order valence-electron chi connectivity index (χ2n) is 4.50. The molecule has 0 fully saturated rings. The summed E-state index contributed by atoms with van der Waals surface area (Å²) in [5.74, 6) is -1.38. The maximum atomic E-state index is 11.5. The maximum Gasteiger partial charge on any atom is 0.408 e. The van der Waals surface area contributed by atoms with Gasteiger partial charge in [-0.3, -0.25) is 4.79 Å². The average molecular weight is 261 g/mol. The third kappa shape index (κ3) is 6.72. The molecular weight excluding hydrogens is 242 g/mol. The zero-order valence-corrected chi connectivity index (χ0v) is 11.2. The van der Waals surface area contributed by atoms with E-state index in [4.69, 9.17) is 4.74 Å². The normalized spacial score (nSPS) is 12.3. The number of nitrogens with one attached hydrogen (secondary N) is 1. The molecule has 1 atom stereocenters. The summed E-state index contributed by atoms with van der Waals surface area (Å²) in [4.78, 5) is 33.9. The fourth-order valence-electron chi connectivity index (χ4n) is 1.04.